The van der Waals surface area contributed by atoms with Crippen molar-refractivity contribution in [1.82, 2.24) is 0 Å². The Morgan fingerprint density at radius 3 is 2.38 bits per heavy atom. The van der Waals surface area contributed by atoms with Gasteiger partial charge in [-0.2, -0.15) is 13.2 Å². The van der Waals surface area contributed by atoms with E-state index in [1.807, 2.05) is 0 Å². The zero-order valence-electron chi connectivity index (χ0n) is 15.5. The molecule has 2 N–H and O–H groups in total. The van der Waals surface area contributed by atoms with E-state index < -0.39 is 29.7 Å². The molecule has 0 bridgehead atoms. The number of carbonyl (C=O) groups excluding carboxylic acids is 2. The minimum Gasteiger partial charge on any atom is -0.504 e. The van der Waals surface area contributed by atoms with Crippen LogP contribution in [0.4, 0.5) is 18.9 Å². The normalized spacial score (nSPS) is 12.4. The number of hydrogen-bond acceptors (Lipinski definition) is 5. The number of benzene rings is 2. The Bertz CT molecular complexity index is 907. The molecule has 154 valence electrons. The third-order valence-electron chi connectivity index (χ3n) is 3.76. The van der Waals surface area contributed by atoms with E-state index >= 15 is 0 Å². The van der Waals surface area contributed by atoms with Crippen LogP contribution in [0, 0.1) is 0 Å². The fourth-order valence-corrected chi connectivity index (χ4v) is 2.22. The van der Waals surface area contributed by atoms with Crippen molar-refractivity contribution in [1.29, 1.82) is 0 Å². The minimum absolute atomic E-state index is 0.0548. The van der Waals surface area contributed by atoms with Crippen molar-refractivity contribution in [2.45, 2.75) is 19.2 Å². The number of anilines is 1. The Morgan fingerprint density at radius 2 is 1.79 bits per heavy atom. The third kappa shape index (κ3) is 6.27. The summed E-state index contributed by atoms with van der Waals surface area (Å²) in [4.78, 5) is 23.9. The van der Waals surface area contributed by atoms with Gasteiger partial charge in [0.25, 0.3) is 5.91 Å². The van der Waals surface area contributed by atoms with Crippen LogP contribution in [0.5, 0.6) is 11.5 Å². The highest BCUT2D eigenvalue weighted by molar-refractivity contribution is 5.96. The molecule has 0 unspecified atom stereocenters. The lowest BCUT2D eigenvalue weighted by molar-refractivity contribution is -0.148. The van der Waals surface area contributed by atoms with Crippen molar-refractivity contribution in [3.8, 4) is 11.5 Å². The molecule has 0 spiro atoms. The number of hydrogen-bond donors (Lipinski definition) is 2. The molecule has 2 aromatic rings. The molecule has 1 amide bonds. The van der Waals surface area contributed by atoms with Crippen molar-refractivity contribution >= 4 is 23.6 Å². The molecule has 0 saturated heterocycles. The Hall–Kier alpha value is -3.49. The topological polar surface area (TPSA) is 84.9 Å². The van der Waals surface area contributed by atoms with Gasteiger partial charge in [0.1, 0.15) is 0 Å². The first-order chi connectivity index (χ1) is 13.6. The molecule has 0 aliphatic carbocycles. The van der Waals surface area contributed by atoms with Crippen LogP contribution < -0.4 is 10.1 Å². The Morgan fingerprint density at radius 1 is 1.14 bits per heavy atom. The number of rotatable bonds is 6. The predicted octanol–water partition coefficient (Wildman–Crippen LogP) is 4.00. The number of carbonyl (C=O) groups is 2. The number of methoxy groups -OCH3 is 1. The highest BCUT2D eigenvalue weighted by atomic mass is 19.4. The fraction of sp³-hybridized carbons (Fsp3) is 0.200. The molecule has 0 aromatic heterocycles. The van der Waals surface area contributed by atoms with E-state index in [-0.39, 0.29) is 17.2 Å². The molecule has 0 heterocycles. The lowest BCUT2D eigenvalue weighted by Crippen LogP contribution is -2.29. The van der Waals surface area contributed by atoms with Gasteiger partial charge >= 0.3 is 12.1 Å². The maximum Gasteiger partial charge on any atom is 0.416 e. The molecule has 6 nitrogen and oxygen atoms in total. The summed E-state index contributed by atoms with van der Waals surface area (Å²) in [5.74, 6) is -1.32. The second-order valence-electron chi connectivity index (χ2n) is 5.91. The zero-order chi connectivity index (χ0) is 21.6. The Labute approximate surface area is 164 Å². The van der Waals surface area contributed by atoms with Gasteiger partial charge in [0, 0.05) is 11.8 Å². The molecular weight excluding hydrogens is 391 g/mol. The fourth-order valence-electron chi connectivity index (χ4n) is 2.22. The van der Waals surface area contributed by atoms with Gasteiger partial charge in [-0.15, -0.1) is 0 Å². The van der Waals surface area contributed by atoms with Gasteiger partial charge in [-0.3, -0.25) is 4.79 Å². The number of phenolic OH excluding ortho intramolecular Hbond substituents is 1. The van der Waals surface area contributed by atoms with Crippen LogP contribution in [0.3, 0.4) is 0 Å². The van der Waals surface area contributed by atoms with Gasteiger partial charge in [0.15, 0.2) is 17.6 Å². The van der Waals surface area contributed by atoms with Crippen LogP contribution in [-0.2, 0) is 20.5 Å². The summed E-state index contributed by atoms with van der Waals surface area (Å²) in [6.45, 7) is 1.33. The number of nitrogens with one attached hydrogen (secondary N) is 1. The molecule has 0 aliphatic rings. The summed E-state index contributed by atoms with van der Waals surface area (Å²) >= 11 is 0. The number of amides is 1. The first-order valence-electron chi connectivity index (χ1n) is 8.34. The van der Waals surface area contributed by atoms with Crippen molar-refractivity contribution in [3.05, 3.63) is 59.7 Å². The molecular formula is C20H18F3NO5. The first-order valence-corrected chi connectivity index (χ1v) is 8.34. The van der Waals surface area contributed by atoms with E-state index in [1.165, 1.54) is 32.2 Å². The monoisotopic (exact) mass is 409 g/mol. The second kappa shape index (κ2) is 9.13. The SMILES string of the molecule is COc1cc(/C=C/C(=O)O[C@@H](C)C(=O)Nc2ccc(C(F)(F)F)cc2)ccc1O. The number of aromatic hydroxyl groups is 1. The van der Waals surface area contributed by atoms with Gasteiger partial charge in [0.05, 0.1) is 12.7 Å². The van der Waals surface area contributed by atoms with Gasteiger partial charge in [0.2, 0.25) is 0 Å². The van der Waals surface area contributed by atoms with Crippen LogP contribution in [0.15, 0.2) is 48.5 Å². The summed E-state index contributed by atoms with van der Waals surface area (Å²) in [5, 5.41) is 11.9. The summed E-state index contributed by atoms with van der Waals surface area (Å²) < 4.78 is 47.5. The first kappa shape index (κ1) is 21.8. The van der Waals surface area contributed by atoms with Crippen LogP contribution in [0.2, 0.25) is 0 Å². The molecule has 0 saturated carbocycles. The quantitative estimate of drug-likeness (QED) is 0.557. The molecule has 9 heteroatoms. The summed E-state index contributed by atoms with van der Waals surface area (Å²) in [7, 11) is 1.38. The highest BCUT2D eigenvalue weighted by Crippen LogP contribution is 2.30. The van der Waals surface area contributed by atoms with E-state index in [1.54, 1.807) is 6.07 Å². The van der Waals surface area contributed by atoms with Crippen molar-refractivity contribution < 1.29 is 37.3 Å². The minimum atomic E-state index is -4.47. The standard InChI is InChI=1S/C20H18F3NO5/c1-12(19(27)24-15-7-5-14(6-8-15)20(21,22)23)29-18(26)10-4-13-3-9-16(25)17(11-13)28-2/h3-12,25H,1-2H3,(H,24,27)/b10-4+/t12-/m0/s1. The number of ether oxygens (including phenoxy) is 2. The number of phenols is 1. The van der Waals surface area contributed by atoms with E-state index in [2.05, 4.69) is 5.32 Å². The molecule has 29 heavy (non-hydrogen) atoms. The van der Waals surface area contributed by atoms with Crippen LogP contribution in [0.1, 0.15) is 18.1 Å². The molecule has 0 aliphatic heterocycles. The highest BCUT2D eigenvalue weighted by Gasteiger charge is 2.30. The molecule has 1 atom stereocenters. The molecule has 0 fully saturated rings. The molecule has 2 rings (SSSR count). The van der Waals surface area contributed by atoms with Crippen molar-refractivity contribution in [2.75, 3.05) is 12.4 Å². The largest absolute Gasteiger partial charge is 0.504 e. The second-order valence-corrected chi connectivity index (χ2v) is 5.91. The van der Waals surface area contributed by atoms with Crippen LogP contribution >= 0.6 is 0 Å². The zero-order valence-corrected chi connectivity index (χ0v) is 15.5. The van der Waals surface area contributed by atoms with E-state index in [0.29, 0.717) is 5.56 Å². The lowest BCUT2D eigenvalue weighted by atomic mass is 10.2. The van der Waals surface area contributed by atoms with E-state index in [9.17, 15) is 27.9 Å². The average Bonchev–Trinajstić information content (AvgIpc) is 2.67. The van der Waals surface area contributed by atoms with Gasteiger partial charge in [-0.1, -0.05) is 6.07 Å². The number of halogens is 3. The Balaban J connectivity index is 1.92. The summed E-state index contributed by atoms with van der Waals surface area (Å²) in [5.41, 5.74) is -0.151. The van der Waals surface area contributed by atoms with Crippen LogP contribution in [0.25, 0.3) is 6.08 Å². The maximum atomic E-state index is 12.5. The third-order valence-corrected chi connectivity index (χ3v) is 3.76. The summed E-state index contributed by atoms with van der Waals surface area (Å²) in [6, 6.07) is 8.31. The van der Waals surface area contributed by atoms with E-state index in [0.717, 1.165) is 30.3 Å². The smallest absolute Gasteiger partial charge is 0.416 e. The van der Waals surface area contributed by atoms with Crippen molar-refractivity contribution in [3.63, 3.8) is 0 Å². The maximum absolute atomic E-state index is 12.5. The average molecular weight is 409 g/mol. The number of alkyl halides is 3. The predicted molar refractivity (Wildman–Crippen MR) is 99.3 cm³/mol. The lowest BCUT2D eigenvalue weighted by Gasteiger charge is -2.13. The van der Waals surface area contributed by atoms with Gasteiger partial charge in [-0.25, -0.2) is 4.79 Å². The molecule has 2 aromatic carbocycles. The Kier molecular flexibility index (Phi) is 6.87. The van der Waals surface area contributed by atoms with Gasteiger partial charge < -0.3 is 19.9 Å². The molecule has 0 radical (unpaired) electrons. The van der Waals surface area contributed by atoms with Crippen molar-refractivity contribution in [2.24, 2.45) is 0 Å². The van der Waals surface area contributed by atoms with Crippen LogP contribution in [-0.4, -0.2) is 30.2 Å². The number of esters is 1. The van der Waals surface area contributed by atoms with Gasteiger partial charge in [-0.05, 0) is 55.0 Å². The van der Waals surface area contributed by atoms with E-state index in [4.69, 9.17) is 9.47 Å². The summed E-state index contributed by atoms with van der Waals surface area (Å²) in [6.07, 6.45) is -3.15.